The zero-order chi connectivity index (χ0) is 18.1. The zero-order valence-corrected chi connectivity index (χ0v) is 15.3. The molecule has 1 saturated heterocycles. The Morgan fingerprint density at radius 2 is 2.11 bits per heavy atom. The van der Waals surface area contributed by atoms with E-state index >= 15 is 0 Å². The van der Waals surface area contributed by atoms with Gasteiger partial charge in [-0.1, -0.05) is 18.2 Å². The molecule has 3 aromatic rings. The maximum Gasteiger partial charge on any atom is 0.138 e. The quantitative estimate of drug-likeness (QED) is 0.767. The molecule has 138 valence electrons. The number of nitrogens with zero attached hydrogens (tertiary/aromatic N) is 4. The third kappa shape index (κ3) is 3.50. The summed E-state index contributed by atoms with van der Waals surface area (Å²) in [4.78, 5) is 16.0. The van der Waals surface area contributed by atoms with Gasteiger partial charge in [-0.15, -0.1) is 0 Å². The number of hydrogen-bond acceptors (Lipinski definition) is 6. The second-order valence-electron chi connectivity index (χ2n) is 7.44. The maximum atomic E-state index is 5.63. The summed E-state index contributed by atoms with van der Waals surface area (Å²) < 4.78 is 5.63. The maximum absolute atomic E-state index is 5.63. The predicted octanol–water partition coefficient (Wildman–Crippen LogP) is 3.51. The fraction of sp³-hybridized carbons (Fsp3) is 0.381. The Bertz CT molecular complexity index is 954. The molecule has 2 aliphatic rings. The van der Waals surface area contributed by atoms with Crippen LogP contribution in [0.25, 0.3) is 10.9 Å². The van der Waals surface area contributed by atoms with Crippen LogP contribution in [0.1, 0.15) is 24.1 Å². The van der Waals surface area contributed by atoms with Gasteiger partial charge < -0.3 is 10.1 Å². The molecule has 1 atom stereocenters. The Morgan fingerprint density at radius 3 is 3.04 bits per heavy atom. The van der Waals surface area contributed by atoms with E-state index in [-0.39, 0.29) is 0 Å². The highest BCUT2D eigenvalue weighted by atomic mass is 16.5. The monoisotopic (exact) mass is 361 g/mol. The summed E-state index contributed by atoms with van der Waals surface area (Å²) in [6.07, 6.45) is 5.95. The van der Waals surface area contributed by atoms with E-state index in [0.29, 0.717) is 5.92 Å². The minimum Gasteiger partial charge on any atom is -0.381 e. The lowest BCUT2D eigenvalue weighted by atomic mass is 10.0. The van der Waals surface area contributed by atoms with E-state index in [9.17, 15) is 0 Å². The first-order valence-electron chi connectivity index (χ1n) is 9.60. The Kier molecular flexibility index (Phi) is 4.43. The summed E-state index contributed by atoms with van der Waals surface area (Å²) in [5.74, 6) is 1.52. The smallest absolute Gasteiger partial charge is 0.138 e. The lowest BCUT2D eigenvalue weighted by Gasteiger charge is -2.26. The van der Waals surface area contributed by atoms with Crippen molar-refractivity contribution < 1.29 is 4.74 Å². The van der Waals surface area contributed by atoms with Crippen LogP contribution in [-0.2, 0) is 17.8 Å². The lowest BCUT2D eigenvalue weighted by molar-refractivity contribution is 0.0378. The molecular formula is C21H23N5O. The molecule has 1 fully saturated rings. The molecule has 6 heteroatoms. The van der Waals surface area contributed by atoms with Gasteiger partial charge in [0.05, 0.1) is 29.7 Å². The number of rotatable bonds is 4. The number of pyridine rings is 1. The van der Waals surface area contributed by atoms with E-state index in [1.807, 2.05) is 24.4 Å². The Morgan fingerprint density at radius 1 is 1.15 bits per heavy atom. The van der Waals surface area contributed by atoms with Crippen LogP contribution in [-0.4, -0.2) is 39.6 Å². The molecule has 0 aliphatic carbocycles. The van der Waals surface area contributed by atoms with Gasteiger partial charge in [0.25, 0.3) is 0 Å². The average Bonchev–Trinajstić information content (AvgIpc) is 3.12. The fourth-order valence-electron chi connectivity index (χ4n) is 4.07. The highest BCUT2D eigenvalue weighted by molar-refractivity contribution is 5.82. The highest BCUT2D eigenvalue weighted by Crippen LogP contribution is 2.30. The molecular weight excluding hydrogens is 338 g/mol. The van der Waals surface area contributed by atoms with Crippen molar-refractivity contribution in [3.63, 3.8) is 0 Å². The van der Waals surface area contributed by atoms with Crippen molar-refractivity contribution in [2.24, 2.45) is 5.92 Å². The van der Waals surface area contributed by atoms with Crippen LogP contribution in [0.15, 0.2) is 42.9 Å². The summed E-state index contributed by atoms with van der Waals surface area (Å²) in [6.45, 7) is 4.63. The normalized spacial score (nSPS) is 19.9. The van der Waals surface area contributed by atoms with Crippen LogP contribution in [0.4, 0.5) is 11.5 Å². The third-order valence-corrected chi connectivity index (χ3v) is 5.41. The van der Waals surface area contributed by atoms with Gasteiger partial charge in [-0.25, -0.2) is 9.97 Å². The highest BCUT2D eigenvalue weighted by Gasteiger charge is 2.26. The number of ether oxygens (including phenoxy) is 1. The largest absolute Gasteiger partial charge is 0.381 e. The minimum atomic E-state index is 0.627. The second-order valence-corrected chi connectivity index (χ2v) is 7.44. The molecule has 6 nitrogen and oxygen atoms in total. The molecule has 1 unspecified atom stereocenters. The molecule has 4 heterocycles. The first-order valence-corrected chi connectivity index (χ1v) is 9.60. The summed E-state index contributed by atoms with van der Waals surface area (Å²) in [5, 5.41) is 4.57. The first kappa shape index (κ1) is 16.6. The first-order chi connectivity index (χ1) is 13.3. The average molecular weight is 361 g/mol. The molecule has 0 radical (unpaired) electrons. The summed E-state index contributed by atoms with van der Waals surface area (Å²) in [6, 6.07) is 10.2. The van der Waals surface area contributed by atoms with E-state index in [0.717, 1.165) is 61.0 Å². The number of hydrogen-bond donors (Lipinski definition) is 1. The van der Waals surface area contributed by atoms with E-state index in [4.69, 9.17) is 4.74 Å². The molecule has 0 amide bonds. The van der Waals surface area contributed by atoms with E-state index < -0.39 is 0 Å². The Balaban J connectivity index is 1.34. The van der Waals surface area contributed by atoms with Gasteiger partial charge in [0.15, 0.2) is 0 Å². The Labute approximate surface area is 158 Å². The zero-order valence-electron chi connectivity index (χ0n) is 15.3. The molecule has 5 rings (SSSR count). The topological polar surface area (TPSA) is 63.2 Å². The molecule has 0 spiro atoms. The third-order valence-electron chi connectivity index (χ3n) is 5.41. The fourth-order valence-corrected chi connectivity index (χ4v) is 4.07. The number of para-hydroxylation sites is 1. The van der Waals surface area contributed by atoms with Crippen molar-refractivity contribution in [2.75, 3.05) is 25.1 Å². The van der Waals surface area contributed by atoms with Crippen molar-refractivity contribution in [3.8, 4) is 0 Å². The van der Waals surface area contributed by atoms with Gasteiger partial charge >= 0.3 is 0 Å². The predicted molar refractivity (Wildman–Crippen MR) is 105 cm³/mol. The van der Waals surface area contributed by atoms with Crippen LogP contribution in [0.2, 0.25) is 0 Å². The number of nitrogens with one attached hydrogen (secondary N) is 1. The second kappa shape index (κ2) is 7.21. The van der Waals surface area contributed by atoms with Crippen molar-refractivity contribution in [1.82, 2.24) is 19.9 Å². The molecule has 2 aliphatic heterocycles. The van der Waals surface area contributed by atoms with E-state index in [1.54, 1.807) is 6.33 Å². The van der Waals surface area contributed by atoms with Crippen LogP contribution < -0.4 is 5.32 Å². The summed E-state index contributed by atoms with van der Waals surface area (Å²) >= 11 is 0. The molecule has 1 N–H and O–H groups in total. The summed E-state index contributed by atoms with van der Waals surface area (Å²) in [5.41, 5.74) is 4.27. The van der Waals surface area contributed by atoms with Gasteiger partial charge in [0.1, 0.15) is 12.1 Å². The van der Waals surface area contributed by atoms with Crippen molar-refractivity contribution in [1.29, 1.82) is 0 Å². The van der Waals surface area contributed by atoms with Gasteiger partial charge in [-0.05, 0) is 30.9 Å². The van der Waals surface area contributed by atoms with Gasteiger partial charge in [0.2, 0.25) is 0 Å². The van der Waals surface area contributed by atoms with Crippen molar-refractivity contribution in [2.45, 2.75) is 25.9 Å². The molecule has 2 aromatic heterocycles. The van der Waals surface area contributed by atoms with Gasteiger partial charge in [-0.2, -0.15) is 0 Å². The Hall–Kier alpha value is -2.57. The van der Waals surface area contributed by atoms with Gasteiger partial charge in [-0.3, -0.25) is 9.88 Å². The van der Waals surface area contributed by atoms with Crippen LogP contribution in [0, 0.1) is 5.92 Å². The van der Waals surface area contributed by atoms with Crippen molar-refractivity contribution >= 4 is 22.4 Å². The minimum absolute atomic E-state index is 0.627. The lowest BCUT2D eigenvalue weighted by Crippen LogP contribution is -2.30. The van der Waals surface area contributed by atoms with Crippen LogP contribution in [0.3, 0.4) is 0 Å². The van der Waals surface area contributed by atoms with Crippen molar-refractivity contribution in [3.05, 3.63) is 54.1 Å². The molecule has 0 bridgehead atoms. The van der Waals surface area contributed by atoms with Gasteiger partial charge in [0, 0.05) is 37.2 Å². The standard InChI is InChI=1S/C21H23N5O/c1-2-6-19-16(5-1)8-17(9-22-19)25-21-18-11-26(12-20(18)23-14-24-21)10-15-4-3-7-27-13-15/h1-2,5-6,8-9,14-15H,3-4,7,10-13H2,(H,23,24,25). The molecule has 0 saturated carbocycles. The molecule has 1 aromatic carbocycles. The SMILES string of the molecule is c1ccc2ncc(Nc3ncnc4c3CN(CC3CCCOC3)C4)cc2c1. The van der Waals surface area contributed by atoms with Crippen LogP contribution in [0.5, 0.6) is 0 Å². The molecule has 27 heavy (non-hydrogen) atoms. The number of anilines is 2. The van der Waals surface area contributed by atoms with Crippen LogP contribution >= 0.6 is 0 Å². The van der Waals surface area contributed by atoms with E-state index in [1.165, 1.54) is 18.4 Å². The number of fused-ring (bicyclic) bond motifs is 2. The number of benzene rings is 1. The summed E-state index contributed by atoms with van der Waals surface area (Å²) in [7, 11) is 0. The number of aromatic nitrogens is 3. The van der Waals surface area contributed by atoms with E-state index in [2.05, 4.69) is 37.3 Å².